The van der Waals surface area contributed by atoms with Crippen LogP contribution < -0.4 is 0 Å². The summed E-state index contributed by atoms with van der Waals surface area (Å²) in [5.41, 5.74) is 1.79. The van der Waals surface area contributed by atoms with Crippen molar-refractivity contribution in [2.24, 2.45) is 0 Å². The summed E-state index contributed by atoms with van der Waals surface area (Å²) in [6.45, 7) is 0.361. The SMILES string of the molecule is CS(=O)(=O)c1ccccc1Cn1ccn2ncc(C#N)c12. The Morgan fingerprint density at radius 1 is 1.29 bits per heavy atom. The quantitative estimate of drug-likeness (QED) is 0.733. The number of benzene rings is 1. The molecule has 0 radical (unpaired) electrons. The topological polar surface area (TPSA) is 80.2 Å². The molecule has 7 heteroatoms. The number of nitrogens with zero attached hydrogens (tertiary/aromatic N) is 4. The standard InChI is InChI=1S/C14H12N4O2S/c1-21(19,20)13-5-3-2-4-11(13)10-17-6-7-18-14(17)12(8-15)9-16-18/h2-7,9H,10H2,1H3. The molecule has 0 saturated heterocycles. The van der Waals surface area contributed by atoms with Crippen LogP contribution in [0.15, 0.2) is 47.8 Å². The molecule has 0 aliphatic heterocycles. The third kappa shape index (κ3) is 2.30. The highest BCUT2D eigenvalue weighted by Gasteiger charge is 2.15. The van der Waals surface area contributed by atoms with Crippen molar-refractivity contribution in [1.29, 1.82) is 5.26 Å². The third-order valence-corrected chi connectivity index (χ3v) is 4.46. The summed E-state index contributed by atoms with van der Waals surface area (Å²) < 4.78 is 27.1. The number of imidazole rings is 1. The molecule has 1 aromatic carbocycles. The fourth-order valence-corrected chi connectivity index (χ4v) is 3.29. The van der Waals surface area contributed by atoms with Crippen molar-refractivity contribution in [3.8, 4) is 6.07 Å². The molecule has 6 nitrogen and oxygen atoms in total. The zero-order valence-electron chi connectivity index (χ0n) is 11.3. The predicted octanol–water partition coefficient (Wildman–Crippen LogP) is 1.46. The van der Waals surface area contributed by atoms with Crippen molar-refractivity contribution in [2.45, 2.75) is 11.4 Å². The highest BCUT2D eigenvalue weighted by atomic mass is 32.2. The van der Waals surface area contributed by atoms with Gasteiger partial charge in [0.25, 0.3) is 0 Å². The second kappa shape index (κ2) is 4.75. The molecule has 0 fully saturated rings. The molecule has 0 spiro atoms. The number of fused-ring (bicyclic) bond motifs is 1. The maximum absolute atomic E-state index is 11.8. The fraction of sp³-hybridized carbons (Fsp3) is 0.143. The van der Waals surface area contributed by atoms with Gasteiger partial charge in [0.15, 0.2) is 15.5 Å². The average molecular weight is 300 g/mol. The number of rotatable bonds is 3. The summed E-state index contributed by atoms with van der Waals surface area (Å²) in [5, 5.41) is 13.2. The Labute approximate surface area is 121 Å². The molecule has 3 rings (SSSR count). The molecule has 21 heavy (non-hydrogen) atoms. The van der Waals surface area contributed by atoms with Gasteiger partial charge >= 0.3 is 0 Å². The summed E-state index contributed by atoms with van der Waals surface area (Å²) in [6.07, 6.45) is 6.20. The van der Waals surface area contributed by atoms with E-state index in [0.717, 1.165) is 0 Å². The van der Waals surface area contributed by atoms with Gasteiger partial charge in [-0.1, -0.05) is 18.2 Å². The summed E-state index contributed by atoms with van der Waals surface area (Å²) in [5.74, 6) is 0. The van der Waals surface area contributed by atoms with Crippen molar-refractivity contribution < 1.29 is 8.42 Å². The zero-order valence-corrected chi connectivity index (χ0v) is 12.1. The minimum Gasteiger partial charge on any atom is -0.326 e. The van der Waals surface area contributed by atoms with Gasteiger partial charge in [-0.3, -0.25) is 0 Å². The molecule has 0 aliphatic rings. The van der Waals surface area contributed by atoms with Crippen molar-refractivity contribution in [3.05, 3.63) is 54.0 Å². The smallest absolute Gasteiger partial charge is 0.175 e. The number of nitriles is 1. The van der Waals surface area contributed by atoms with Crippen LogP contribution in [0.2, 0.25) is 0 Å². The van der Waals surface area contributed by atoms with Gasteiger partial charge < -0.3 is 4.57 Å². The minimum atomic E-state index is -3.29. The van der Waals surface area contributed by atoms with Crippen LogP contribution in [0.3, 0.4) is 0 Å². The van der Waals surface area contributed by atoms with E-state index in [-0.39, 0.29) is 0 Å². The zero-order chi connectivity index (χ0) is 15.0. The second-order valence-electron chi connectivity index (χ2n) is 4.74. The van der Waals surface area contributed by atoms with E-state index in [1.54, 1.807) is 41.2 Å². The van der Waals surface area contributed by atoms with Crippen molar-refractivity contribution in [1.82, 2.24) is 14.2 Å². The lowest BCUT2D eigenvalue weighted by Crippen LogP contribution is -2.06. The second-order valence-corrected chi connectivity index (χ2v) is 6.73. The van der Waals surface area contributed by atoms with Gasteiger partial charge in [0.2, 0.25) is 0 Å². The lowest BCUT2D eigenvalue weighted by atomic mass is 10.2. The first-order valence-electron chi connectivity index (χ1n) is 6.21. The first-order valence-corrected chi connectivity index (χ1v) is 8.10. The number of hydrogen-bond acceptors (Lipinski definition) is 4. The van der Waals surface area contributed by atoms with E-state index in [1.165, 1.54) is 12.5 Å². The van der Waals surface area contributed by atoms with Crippen LogP contribution in [0, 0.1) is 11.3 Å². The van der Waals surface area contributed by atoms with Gasteiger partial charge in [0, 0.05) is 18.6 Å². The minimum absolute atomic E-state index is 0.301. The van der Waals surface area contributed by atoms with Gasteiger partial charge in [-0.2, -0.15) is 10.4 Å². The molecular weight excluding hydrogens is 288 g/mol. The van der Waals surface area contributed by atoms with Crippen LogP contribution in [0.1, 0.15) is 11.1 Å². The van der Waals surface area contributed by atoms with Gasteiger partial charge in [0.05, 0.1) is 17.6 Å². The van der Waals surface area contributed by atoms with Gasteiger partial charge in [0.1, 0.15) is 11.6 Å². The number of sulfone groups is 1. The molecule has 3 aromatic rings. The molecular formula is C14H12N4O2S. The van der Waals surface area contributed by atoms with Crippen molar-refractivity contribution in [2.75, 3.05) is 6.26 Å². The molecule has 0 unspecified atom stereocenters. The lowest BCUT2D eigenvalue weighted by molar-refractivity contribution is 0.600. The Balaban J connectivity index is 2.12. The first-order chi connectivity index (χ1) is 10.0. The maximum atomic E-state index is 11.8. The maximum Gasteiger partial charge on any atom is 0.175 e. The van der Waals surface area contributed by atoms with Crippen molar-refractivity contribution in [3.63, 3.8) is 0 Å². The monoisotopic (exact) mass is 300 g/mol. The van der Waals surface area contributed by atoms with E-state index in [4.69, 9.17) is 5.26 Å². The van der Waals surface area contributed by atoms with Crippen LogP contribution in [-0.4, -0.2) is 28.9 Å². The van der Waals surface area contributed by atoms with Crippen LogP contribution in [0.5, 0.6) is 0 Å². The van der Waals surface area contributed by atoms with Gasteiger partial charge in [-0.25, -0.2) is 12.9 Å². The van der Waals surface area contributed by atoms with E-state index in [1.807, 2.05) is 4.57 Å². The summed E-state index contributed by atoms with van der Waals surface area (Å²) in [6, 6.07) is 8.95. The summed E-state index contributed by atoms with van der Waals surface area (Å²) >= 11 is 0. The molecule has 0 atom stereocenters. The Bertz CT molecular complexity index is 960. The van der Waals surface area contributed by atoms with Crippen LogP contribution >= 0.6 is 0 Å². The van der Waals surface area contributed by atoms with Crippen LogP contribution in [-0.2, 0) is 16.4 Å². The number of hydrogen-bond donors (Lipinski definition) is 0. The molecule has 2 heterocycles. The molecule has 0 bridgehead atoms. The normalized spacial score (nSPS) is 11.6. The van der Waals surface area contributed by atoms with E-state index in [9.17, 15) is 8.42 Å². The van der Waals surface area contributed by atoms with Gasteiger partial charge in [-0.05, 0) is 11.6 Å². The Hall–Kier alpha value is -2.59. The molecule has 0 amide bonds. The van der Waals surface area contributed by atoms with Crippen LogP contribution in [0.25, 0.3) is 5.65 Å². The molecule has 0 N–H and O–H groups in total. The Kier molecular flexibility index (Phi) is 3.03. The first kappa shape index (κ1) is 13.4. The Morgan fingerprint density at radius 2 is 2.05 bits per heavy atom. The number of aromatic nitrogens is 3. The largest absolute Gasteiger partial charge is 0.326 e. The van der Waals surface area contributed by atoms with E-state index < -0.39 is 9.84 Å². The van der Waals surface area contributed by atoms with E-state index in [2.05, 4.69) is 11.2 Å². The van der Waals surface area contributed by atoms with Gasteiger partial charge in [-0.15, -0.1) is 0 Å². The summed E-state index contributed by atoms with van der Waals surface area (Å²) in [4.78, 5) is 0.301. The highest BCUT2D eigenvalue weighted by Crippen LogP contribution is 2.19. The average Bonchev–Trinajstić information content (AvgIpc) is 3.01. The van der Waals surface area contributed by atoms with E-state index in [0.29, 0.717) is 28.2 Å². The van der Waals surface area contributed by atoms with E-state index >= 15 is 0 Å². The summed E-state index contributed by atoms with van der Waals surface area (Å²) in [7, 11) is -3.29. The molecule has 2 aromatic heterocycles. The molecule has 106 valence electrons. The predicted molar refractivity (Wildman–Crippen MR) is 76.6 cm³/mol. The molecule has 0 saturated carbocycles. The fourth-order valence-electron chi connectivity index (χ4n) is 2.35. The highest BCUT2D eigenvalue weighted by molar-refractivity contribution is 7.90. The lowest BCUT2D eigenvalue weighted by Gasteiger charge is -2.09. The van der Waals surface area contributed by atoms with Crippen LogP contribution in [0.4, 0.5) is 0 Å². The molecule has 0 aliphatic carbocycles. The third-order valence-electron chi connectivity index (χ3n) is 3.26. The van der Waals surface area contributed by atoms with Crippen molar-refractivity contribution >= 4 is 15.5 Å². The Morgan fingerprint density at radius 3 is 2.76 bits per heavy atom.